The minimum absolute atomic E-state index is 0.169. The van der Waals surface area contributed by atoms with Crippen molar-refractivity contribution in [2.24, 2.45) is 5.73 Å². The Hall–Kier alpha value is -3.27. The first kappa shape index (κ1) is 28.0. The molecule has 0 spiro atoms. The maximum absolute atomic E-state index is 13.6. The number of nitrogens with zero attached hydrogens (tertiary/aromatic N) is 3. The van der Waals surface area contributed by atoms with E-state index in [9.17, 15) is 24.0 Å². The van der Waals surface area contributed by atoms with Gasteiger partial charge in [-0.2, -0.15) is 0 Å². The molecular formula is C25H38N5O5+. The van der Waals surface area contributed by atoms with Crippen LogP contribution in [0.4, 0.5) is 0 Å². The maximum Gasteiger partial charge on any atom is 0.336 e. The van der Waals surface area contributed by atoms with Crippen molar-refractivity contribution in [3.05, 3.63) is 35.9 Å². The smallest absolute Gasteiger partial charge is 0.336 e. The molecule has 1 heterocycles. The van der Waals surface area contributed by atoms with Gasteiger partial charge < -0.3 is 20.9 Å². The molecule has 1 aromatic rings. The molecule has 2 rings (SSSR count). The number of hydrogen-bond donors (Lipinski definition) is 2. The van der Waals surface area contributed by atoms with Gasteiger partial charge in [0, 0.05) is 25.9 Å². The summed E-state index contributed by atoms with van der Waals surface area (Å²) in [4.78, 5) is 66.1. The SMILES string of the molecule is CCC(=O)N(C)C(Cc1ccccc1)C(=O)[N+](C)(C)CC(=O)N[C@H]1CC(C)N([C@@H](C)C(N)=O)C1=O. The second kappa shape index (κ2) is 11.4. The third-order valence-electron chi connectivity index (χ3n) is 6.62. The van der Waals surface area contributed by atoms with E-state index in [1.807, 2.05) is 30.3 Å². The van der Waals surface area contributed by atoms with E-state index in [0.717, 1.165) is 5.56 Å². The van der Waals surface area contributed by atoms with Crippen LogP contribution in [-0.4, -0.2) is 95.7 Å². The average molecular weight is 489 g/mol. The molecule has 192 valence electrons. The van der Waals surface area contributed by atoms with Crippen LogP contribution in [0.1, 0.15) is 39.2 Å². The van der Waals surface area contributed by atoms with Crippen molar-refractivity contribution < 1.29 is 28.5 Å². The van der Waals surface area contributed by atoms with Gasteiger partial charge >= 0.3 is 5.91 Å². The van der Waals surface area contributed by atoms with E-state index >= 15 is 0 Å². The highest BCUT2D eigenvalue weighted by Crippen LogP contribution is 2.22. The molecule has 0 saturated carbocycles. The van der Waals surface area contributed by atoms with Crippen molar-refractivity contribution in [2.75, 3.05) is 27.7 Å². The predicted molar refractivity (Wildman–Crippen MR) is 130 cm³/mol. The number of carbonyl (C=O) groups excluding carboxylic acids is 5. The van der Waals surface area contributed by atoms with Crippen molar-refractivity contribution in [2.45, 2.75) is 64.2 Å². The molecule has 0 aromatic heterocycles. The first-order valence-electron chi connectivity index (χ1n) is 11.9. The van der Waals surface area contributed by atoms with Gasteiger partial charge in [0.1, 0.15) is 12.1 Å². The van der Waals surface area contributed by atoms with Crippen molar-refractivity contribution in [1.82, 2.24) is 15.1 Å². The summed E-state index contributed by atoms with van der Waals surface area (Å²) in [5, 5.41) is 2.71. The standard InChI is InChI=1S/C25H37N5O5/c1-7-22(32)28(4)20(14-18-11-9-8-10-12-18)25(35)30(5,6)15-21(31)27-19-13-16(2)29(24(19)34)17(3)23(26)33/h8-12,16-17,19-20H,7,13-15H2,1-6H3,(H2-,26,27,31,33)/p+1/t16?,17-,19-,20?/m0/s1. The van der Waals surface area contributed by atoms with E-state index in [4.69, 9.17) is 5.73 Å². The first-order chi connectivity index (χ1) is 16.3. The van der Waals surface area contributed by atoms with Crippen LogP contribution in [0.5, 0.6) is 0 Å². The zero-order valence-corrected chi connectivity index (χ0v) is 21.5. The van der Waals surface area contributed by atoms with E-state index in [2.05, 4.69) is 5.32 Å². The van der Waals surface area contributed by atoms with Crippen molar-refractivity contribution >= 4 is 29.5 Å². The van der Waals surface area contributed by atoms with Crippen LogP contribution >= 0.6 is 0 Å². The lowest BCUT2D eigenvalue weighted by Crippen LogP contribution is -2.60. The fraction of sp³-hybridized carbons (Fsp3) is 0.560. The fourth-order valence-corrected chi connectivity index (χ4v) is 4.51. The molecule has 0 aliphatic carbocycles. The Bertz CT molecular complexity index is 964. The third kappa shape index (κ3) is 6.66. The van der Waals surface area contributed by atoms with Gasteiger partial charge in [0.2, 0.25) is 17.7 Å². The lowest BCUT2D eigenvalue weighted by atomic mass is 10.0. The molecular weight excluding hydrogens is 450 g/mol. The Morgan fingerprint density at radius 3 is 2.34 bits per heavy atom. The number of nitrogens with two attached hydrogens (primary N) is 1. The molecule has 5 amide bonds. The summed E-state index contributed by atoms with van der Waals surface area (Å²) < 4.78 is -0.303. The summed E-state index contributed by atoms with van der Waals surface area (Å²) in [6.45, 7) is 4.88. The molecule has 0 radical (unpaired) electrons. The number of likely N-dealkylation sites (tertiary alicyclic amines) is 1. The predicted octanol–water partition coefficient (Wildman–Crippen LogP) is 0.0485. The summed E-state index contributed by atoms with van der Waals surface area (Å²) in [6.07, 6.45) is 0.920. The van der Waals surface area contributed by atoms with Crippen LogP contribution in [-0.2, 0) is 30.4 Å². The summed E-state index contributed by atoms with van der Waals surface area (Å²) in [7, 11) is 4.83. The normalized spacial score (nSPS) is 19.7. The second-order valence-electron chi connectivity index (χ2n) is 9.77. The summed E-state index contributed by atoms with van der Waals surface area (Å²) in [6, 6.07) is 6.81. The van der Waals surface area contributed by atoms with Crippen LogP contribution < -0.4 is 11.1 Å². The van der Waals surface area contributed by atoms with Crippen LogP contribution in [0.3, 0.4) is 0 Å². The van der Waals surface area contributed by atoms with E-state index in [1.165, 1.54) is 9.80 Å². The van der Waals surface area contributed by atoms with Gasteiger partial charge in [0.25, 0.3) is 5.91 Å². The number of rotatable bonds is 10. The molecule has 10 heteroatoms. The number of carbonyl (C=O) groups is 5. The first-order valence-corrected chi connectivity index (χ1v) is 11.9. The molecule has 3 N–H and O–H groups in total. The fourth-order valence-electron chi connectivity index (χ4n) is 4.51. The topological polar surface area (TPSA) is 130 Å². The van der Waals surface area contributed by atoms with Crippen molar-refractivity contribution in [3.8, 4) is 0 Å². The van der Waals surface area contributed by atoms with Gasteiger partial charge in [-0.15, -0.1) is 0 Å². The number of benzene rings is 1. The monoisotopic (exact) mass is 488 g/mol. The zero-order valence-electron chi connectivity index (χ0n) is 21.5. The number of nitrogens with one attached hydrogen (secondary N) is 1. The third-order valence-corrected chi connectivity index (χ3v) is 6.62. The van der Waals surface area contributed by atoms with Crippen LogP contribution in [0.2, 0.25) is 0 Å². The Balaban J connectivity index is 2.14. The van der Waals surface area contributed by atoms with Gasteiger partial charge in [-0.25, -0.2) is 4.79 Å². The highest BCUT2D eigenvalue weighted by atomic mass is 16.2. The molecule has 1 aliphatic rings. The largest absolute Gasteiger partial charge is 0.368 e. The Morgan fingerprint density at radius 1 is 1.20 bits per heavy atom. The summed E-state index contributed by atoms with van der Waals surface area (Å²) in [5.74, 6) is -1.91. The summed E-state index contributed by atoms with van der Waals surface area (Å²) in [5.41, 5.74) is 6.26. The highest BCUT2D eigenvalue weighted by Gasteiger charge is 2.44. The van der Waals surface area contributed by atoms with E-state index in [1.54, 1.807) is 41.9 Å². The van der Waals surface area contributed by atoms with Gasteiger partial charge in [-0.05, 0) is 25.8 Å². The number of likely N-dealkylation sites (N-methyl/N-ethyl adjacent to an activating group) is 2. The number of quaternary nitrogens is 1. The second-order valence-corrected chi connectivity index (χ2v) is 9.77. The van der Waals surface area contributed by atoms with Gasteiger partial charge in [0.05, 0.1) is 14.1 Å². The number of primary amides is 1. The lowest BCUT2D eigenvalue weighted by Gasteiger charge is -2.34. The molecule has 10 nitrogen and oxygen atoms in total. The molecule has 1 fully saturated rings. The van der Waals surface area contributed by atoms with Crippen LogP contribution in [0, 0.1) is 0 Å². The molecule has 4 atom stereocenters. The van der Waals surface area contributed by atoms with Gasteiger partial charge in [-0.1, -0.05) is 37.3 Å². The van der Waals surface area contributed by atoms with Gasteiger partial charge in [0.15, 0.2) is 12.6 Å². The Morgan fingerprint density at radius 2 is 1.80 bits per heavy atom. The van der Waals surface area contributed by atoms with Crippen molar-refractivity contribution in [1.29, 1.82) is 0 Å². The van der Waals surface area contributed by atoms with Crippen LogP contribution in [0.25, 0.3) is 0 Å². The Labute approximate surface area is 207 Å². The van der Waals surface area contributed by atoms with E-state index < -0.39 is 29.9 Å². The minimum atomic E-state index is -0.793. The quantitative estimate of drug-likeness (QED) is 0.450. The number of amides is 5. The summed E-state index contributed by atoms with van der Waals surface area (Å²) >= 11 is 0. The zero-order chi connectivity index (χ0) is 26.5. The molecule has 1 saturated heterocycles. The molecule has 1 aliphatic heterocycles. The molecule has 2 unspecified atom stereocenters. The van der Waals surface area contributed by atoms with Crippen LogP contribution in [0.15, 0.2) is 30.3 Å². The van der Waals surface area contributed by atoms with E-state index in [0.29, 0.717) is 12.8 Å². The minimum Gasteiger partial charge on any atom is -0.368 e. The van der Waals surface area contributed by atoms with Crippen molar-refractivity contribution in [3.63, 3.8) is 0 Å². The lowest BCUT2D eigenvalue weighted by molar-refractivity contribution is -0.806. The van der Waals surface area contributed by atoms with E-state index in [-0.39, 0.29) is 41.2 Å². The van der Waals surface area contributed by atoms with Gasteiger partial charge in [-0.3, -0.25) is 23.7 Å². The maximum atomic E-state index is 13.6. The molecule has 0 bridgehead atoms. The highest BCUT2D eigenvalue weighted by molar-refractivity contribution is 5.94. The number of hydrogen-bond acceptors (Lipinski definition) is 5. The Kier molecular flexibility index (Phi) is 9.14. The molecule has 1 aromatic carbocycles. The molecule has 35 heavy (non-hydrogen) atoms. The average Bonchev–Trinajstić information content (AvgIpc) is 3.07.